The van der Waals surface area contributed by atoms with Gasteiger partial charge in [0.1, 0.15) is 5.82 Å². The Labute approximate surface area is 83.8 Å². The Morgan fingerprint density at radius 1 is 1.18 bits per heavy atom. The largest absolute Gasteiger partial charge is 0.206 e. The van der Waals surface area contributed by atoms with Crippen molar-refractivity contribution in [1.82, 2.24) is 0 Å². The predicted octanol–water partition coefficient (Wildman–Crippen LogP) is 4.14. The smallest absolute Gasteiger partial charge is 0.157 e. The normalized spacial score (nSPS) is 10.3. The van der Waals surface area contributed by atoms with E-state index in [0.717, 1.165) is 6.07 Å². The topological polar surface area (TPSA) is 0 Å². The Morgan fingerprint density at radius 3 is 2.27 bits per heavy atom. The molecule has 0 fully saturated rings. The highest BCUT2D eigenvalue weighted by Gasteiger charge is 2.12. The zero-order valence-corrected chi connectivity index (χ0v) is 8.90. The lowest BCUT2D eigenvalue weighted by atomic mass is 10.3. The Kier molecular flexibility index (Phi) is 2.89. The first-order valence-corrected chi connectivity index (χ1v) is 4.49. The lowest BCUT2D eigenvalue weighted by Crippen LogP contribution is -1.85. The Balaban J connectivity index is 3.46. The van der Waals surface area contributed by atoms with Gasteiger partial charge in [0.05, 0.1) is 14.0 Å². The Morgan fingerprint density at radius 2 is 1.73 bits per heavy atom. The van der Waals surface area contributed by atoms with Crippen molar-refractivity contribution in [3.63, 3.8) is 0 Å². The van der Waals surface area contributed by atoms with E-state index in [9.17, 15) is 8.78 Å². The maximum absolute atomic E-state index is 12.8. The van der Waals surface area contributed by atoms with Gasteiger partial charge < -0.3 is 0 Å². The molecule has 0 saturated carbocycles. The van der Waals surface area contributed by atoms with Crippen LogP contribution in [0.5, 0.6) is 0 Å². The van der Waals surface area contributed by atoms with Crippen LogP contribution in [-0.4, -0.2) is 0 Å². The highest BCUT2D eigenvalue weighted by atomic mass is 79.9. The second-order valence-electron chi connectivity index (χ2n) is 1.78. The minimum atomic E-state index is -0.667. The second-order valence-corrected chi connectivity index (χ2v) is 3.78. The molecule has 0 aromatic heterocycles. The molecule has 0 saturated heterocycles. The van der Waals surface area contributed by atoms with Crippen LogP contribution in [0.25, 0.3) is 0 Å². The summed E-state index contributed by atoms with van der Waals surface area (Å²) in [7, 11) is 0. The van der Waals surface area contributed by atoms with Gasteiger partial charge in [-0.3, -0.25) is 0 Å². The van der Waals surface area contributed by atoms with Crippen molar-refractivity contribution in [2.75, 3.05) is 0 Å². The van der Waals surface area contributed by atoms with Crippen molar-refractivity contribution in [2.24, 2.45) is 0 Å². The van der Waals surface area contributed by atoms with Gasteiger partial charge in [-0.15, -0.1) is 0 Å². The predicted molar refractivity (Wildman–Crippen MR) is 46.8 cm³/mol. The van der Waals surface area contributed by atoms with Gasteiger partial charge >= 0.3 is 0 Å². The fourth-order valence-electron chi connectivity index (χ4n) is 0.544. The third-order valence-electron chi connectivity index (χ3n) is 1.06. The van der Waals surface area contributed by atoms with Crippen molar-refractivity contribution in [3.8, 4) is 0 Å². The summed E-state index contributed by atoms with van der Waals surface area (Å²) in [5.41, 5.74) is 0. The van der Waals surface area contributed by atoms with Crippen LogP contribution in [0.3, 0.4) is 0 Å². The average molecular weight is 306 g/mol. The van der Waals surface area contributed by atoms with Crippen LogP contribution in [0, 0.1) is 11.6 Å². The molecule has 60 valence electrons. The molecule has 1 rings (SSSR count). The number of rotatable bonds is 0. The first kappa shape index (κ1) is 9.42. The van der Waals surface area contributed by atoms with Gasteiger partial charge in [-0.05, 0) is 37.9 Å². The van der Waals surface area contributed by atoms with Crippen LogP contribution in [0.2, 0.25) is 5.02 Å². The van der Waals surface area contributed by atoms with E-state index in [1.807, 2.05) is 0 Å². The third kappa shape index (κ3) is 1.73. The number of hydrogen-bond acceptors (Lipinski definition) is 0. The minimum absolute atomic E-state index is 0.00231. The summed E-state index contributed by atoms with van der Waals surface area (Å²) in [5.74, 6) is -1.26. The first-order valence-electron chi connectivity index (χ1n) is 2.52. The minimum Gasteiger partial charge on any atom is -0.206 e. The zero-order chi connectivity index (χ0) is 8.59. The average Bonchev–Trinajstić information content (AvgIpc) is 1.97. The lowest BCUT2D eigenvalue weighted by Gasteiger charge is -2.00. The summed E-state index contributed by atoms with van der Waals surface area (Å²) in [6.45, 7) is 0. The molecular weight excluding hydrogens is 305 g/mol. The van der Waals surface area contributed by atoms with Gasteiger partial charge in [-0.25, -0.2) is 8.78 Å². The third-order valence-corrected chi connectivity index (χ3v) is 3.39. The fraction of sp³-hybridized carbons (Fsp3) is 0. The van der Waals surface area contributed by atoms with Crippen molar-refractivity contribution in [3.05, 3.63) is 31.7 Å². The molecule has 1 aromatic rings. The molecule has 0 atom stereocenters. The van der Waals surface area contributed by atoms with Crippen LogP contribution in [0.4, 0.5) is 8.78 Å². The summed E-state index contributed by atoms with van der Waals surface area (Å²) in [4.78, 5) is 0. The van der Waals surface area contributed by atoms with E-state index in [4.69, 9.17) is 11.6 Å². The van der Waals surface area contributed by atoms with Gasteiger partial charge in [-0.1, -0.05) is 11.6 Å². The van der Waals surface area contributed by atoms with E-state index >= 15 is 0 Å². The molecule has 0 nitrogen and oxygen atoms in total. The van der Waals surface area contributed by atoms with Gasteiger partial charge in [0.15, 0.2) is 5.82 Å². The van der Waals surface area contributed by atoms with Crippen LogP contribution in [0.15, 0.2) is 15.0 Å². The Bertz CT molecular complexity index is 275. The van der Waals surface area contributed by atoms with Crippen LogP contribution in [-0.2, 0) is 0 Å². The molecule has 0 N–H and O–H groups in total. The van der Waals surface area contributed by atoms with Crippen LogP contribution >= 0.6 is 43.5 Å². The molecular formula is C6HBr2ClF2. The van der Waals surface area contributed by atoms with E-state index in [2.05, 4.69) is 31.9 Å². The molecule has 0 unspecified atom stereocenters. The summed E-state index contributed by atoms with van der Waals surface area (Å²) in [6.07, 6.45) is 0. The lowest BCUT2D eigenvalue weighted by molar-refractivity contribution is 0.589. The molecule has 0 aliphatic heterocycles. The van der Waals surface area contributed by atoms with Crippen LogP contribution < -0.4 is 0 Å². The molecule has 0 radical (unpaired) electrons. The van der Waals surface area contributed by atoms with E-state index in [0.29, 0.717) is 0 Å². The highest BCUT2D eigenvalue weighted by molar-refractivity contribution is 9.13. The quantitative estimate of drug-likeness (QED) is 0.499. The number of halogens is 5. The molecule has 0 heterocycles. The van der Waals surface area contributed by atoms with Crippen molar-refractivity contribution in [2.45, 2.75) is 0 Å². The number of benzene rings is 1. The van der Waals surface area contributed by atoms with E-state index in [1.54, 1.807) is 0 Å². The van der Waals surface area contributed by atoms with E-state index < -0.39 is 11.6 Å². The number of hydrogen-bond donors (Lipinski definition) is 0. The summed E-state index contributed by atoms with van der Waals surface area (Å²) < 4.78 is 25.5. The van der Waals surface area contributed by atoms with Crippen LogP contribution in [0.1, 0.15) is 0 Å². The standard InChI is InChI=1S/C6HBr2ClF2/c7-4-3(10)1-2(9)6(11)5(4)8/h1H. The Hall–Kier alpha value is 0.330. The SMILES string of the molecule is Fc1cc(Cl)c(F)c(Br)c1Br. The summed E-state index contributed by atoms with van der Waals surface area (Å²) >= 11 is 11.0. The molecule has 5 heteroatoms. The molecule has 0 aliphatic rings. The summed E-state index contributed by atoms with van der Waals surface area (Å²) in [6, 6.07) is 0.908. The summed E-state index contributed by atoms with van der Waals surface area (Å²) in [5, 5.41) is -0.238. The molecule has 0 amide bonds. The van der Waals surface area contributed by atoms with Gasteiger partial charge in [0, 0.05) is 0 Å². The second kappa shape index (κ2) is 3.37. The highest BCUT2D eigenvalue weighted by Crippen LogP contribution is 2.32. The van der Waals surface area contributed by atoms with Gasteiger partial charge in [-0.2, -0.15) is 0 Å². The van der Waals surface area contributed by atoms with E-state index in [-0.39, 0.29) is 14.0 Å². The van der Waals surface area contributed by atoms with Gasteiger partial charge in [0.25, 0.3) is 0 Å². The van der Waals surface area contributed by atoms with E-state index in [1.165, 1.54) is 0 Å². The molecule has 11 heavy (non-hydrogen) atoms. The van der Waals surface area contributed by atoms with Gasteiger partial charge in [0.2, 0.25) is 0 Å². The van der Waals surface area contributed by atoms with Crippen molar-refractivity contribution < 1.29 is 8.78 Å². The first-order chi connectivity index (χ1) is 5.04. The maximum atomic E-state index is 12.8. The fourth-order valence-corrected chi connectivity index (χ4v) is 1.54. The van der Waals surface area contributed by atoms with Crippen molar-refractivity contribution >= 4 is 43.5 Å². The maximum Gasteiger partial charge on any atom is 0.157 e. The monoisotopic (exact) mass is 304 g/mol. The molecule has 0 aliphatic carbocycles. The molecule has 1 aromatic carbocycles. The van der Waals surface area contributed by atoms with Crippen molar-refractivity contribution in [1.29, 1.82) is 0 Å². The molecule has 0 bridgehead atoms. The zero-order valence-electron chi connectivity index (χ0n) is 4.97. The molecule has 0 spiro atoms.